The van der Waals surface area contributed by atoms with E-state index in [4.69, 9.17) is 0 Å². The molecule has 0 radical (unpaired) electrons. The van der Waals surface area contributed by atoms with E-state index in [9.17, 15) is 18.0 Å². The highest BCUT2D eigenvalue weighted by Gasteiger charge is 2.35. The molecule has 2 aliphatic heterocycles. The van der Waals surface area contributed by atoms with Crippen molar-refractivity contribution in [1.29, 1.82) is 0 Å². The quantitative estimate of drug-likeness (QED) is 0.925. The molecule has 0 saturated carbocycles. The minimum absolute atomic E-state index is 0.0368. The van der Waals surface area contributed by atoms with E-state index < -0.39 is 6.36 Å². The zero-order chi connectivity index (χ0) is 15.7. The highest BCUT2D eigenvalue weighted by Crippen LogP contribution is 2.24. The molecule has 0 aliphatic carbocycles. The summed E-state index contributed by atoms with van der Waals surface area (Å²) in [5.74, 6) is -0.207. The van der Waals surface area contributed by atoms with Crippen molar-refractivity contribution in [2.45, 2.75) is 18.9 Å². The third-order valence-electron chi connectivity index (χ3n) is 3.85. The number of halogens is 3. The number of hydrogen-bond acceptors (Lipinski definition) is 3. The Morgan fingerprint density at radius 1 is 1.32 bits per heavy atom. The molecule has 2 saturated heterocycles. The van der Waals surface area contributed by atoms with Crippen molar-refractivity contribution in [3.8, 4) is 5.75 Å². The first-order valence-corrected chi connectivity index (χ1v) is 7.02. The largest absolute Gasteiger partial charge is 0.573 e. The summed E-state index contributed by atoms with van der Waals surface area (Å²) >= 11 is 0. The van der Waals surface area contributed by atoms with Gasteiger partial charge in [-0.1, -0.05) is 12.1 Å². The molecule has 0 aromatic heterocycles. The Kier molecular flexibility index (Phi) is 3.86. The van der Waals surface area contributed by atoms with Crippen LogP contribution in [0.2, 0.25) is 0 Å². The van der Waals surface area contributed by atoms with Crippen molar-refractivity contribution >= 4 is 6.03 Å². The van der Waals surface area contributed by atoms with Crippen LogP contribution in [0.4, 0.5) is 18.0 Å². The SMILES string of the molecule is O=C1NC[C@@H]2CN(Cc3cccc(OC(F)(F)F)c3)CCN12. The van der Waals surface area contributed by atoms with Gasteiger partial charge in [0.1, 0.15) is 5.75 Å². The molecule has 8 heteroatoms. The number of urea groups is 1. The molecule has 1 aromatic carbocycles. The fraction of sp³-hybridized carbons (Fsp3) is 0.500. The number of carbonyl (C=O) groups excluding carboxylic acids is 1. The van der Waals surface area contributed by atoms with E-state index in [2.05, 4.69) is 15.0 Å². The molecule has 3 rings (SSSR count). The molecule has 2 amide bonds. The second-order valence-electron chi connectivity index (χ2n) is 5.46. The van der Waals surface area contributed by atoms with Crippen molar-refractivity contribution in [2.75, 3.05) is 26.2 Å². The van der Waals surface area contributed by atoms with E-state index in [-0.39, 0.29) is 17.8 Å². The molecule has 120 valence electrons. The van der Waals surface area contributed by atoms with Gasteiger partial charge in [-0.3, -0.25) is 4.90 Å². The Morgan fingerprint density at radius 2 is 2.14 bits per heavy atom. The maximum Gasteiger partial charge on any atom is 0.573 e. The lowest BCUT2D eigenvalue weighted by molar-refractivity contribution is -0.274. The van der Waals surface area contributed by atoms with Crippen LogP contribution in [0.3, 0.4) is 0 Å². The smallest absolute Gasteiger partial charge is 0.406 e. The average molecular weight is 315 g/mol. The predicted molar refractivity (Wildman–Crippen MR) is 72.3 cm³/mol. The number of nitrogens with one attached hydrogen (secondary N) is 1. The van der Waals surface area contributed by atoms with E-state index in [0.717, 1.165) is 5.56 Å². The normalized spacial score (nSPS) is 22.4. The van der Waals surface area contributed by atoms with Crippen LogP contribution in [0.5, 0.6) is 5.75 Å². The number of carbonyl (C=O) groups is 1. The Bertz CT molecular complexity index is 565. The first-order valence-electron chi connectivity index (χ1n) is 7.02. The van der Waals surface area contributed by atoms with Crippen molar-refractivity contribution in [2.24, 2.45) is 0 Å². The van der Waals surface area contributed by atoms with Gasteiger partial charge in [0.2, 0.25) is 0 Å². The van der Waals surface area contributed by atoms with Crippen LogP contribution >= 0.6 is 0 Å². The van der Waals surface area contributed by atoms with Crippen LogP contribution in [0.25, 0.3) is 0 Å². The van der Waals surface area contributed by atoms with E-state index in [1.807, 2.05) is 0 Å². The summed E-state index contributed by atoms with van der Waals surface area (Å²) in [5, 5.41) is 2.80. The number of ether oxygens (including phenoxy) is 1. The van der Waals surface area contributed by atoms with E-state index >= 15 is 0 Å². The molecule has 1 N–H and O–H groups in total. The molecular weight excluding hydrogens is 299 g/mol. The lowest BCUT2D eigenvalue weighted by Crippen LogP contribution is -2.51. The fourth-order valence-corrected chi connectivity index (χ4v) is 2.91. The molecule has 5 nitrogen and oxygen atoms in total. The van der Waals surface area contributed by atoms with Gasteiger partial charge in [0.15, 0.2) is 0 Å². The third kappa shape index (κ3) is 3.44. The van der Waals surface area contributed by atoms with Gasteiger partial charge in [0, 0.05) is 32.7 Å². The van der Waals surface area contributed by atoms with Crippen LogP contribution in [0.1, 0.15) is 5.56 Å². The number of fused-ring (bicyclic) bond motifs is 1. The number of hydrogen-bond donors (Lipinski definition) is 1. The number of alkyl halides is 3. The number of piperazine rings is 1. The van der Waals surface area contributed by atoms with Crippen LogP contribution in [-0.2, 0) is 6.54 Å². The number of rotatable bonds is 3. The fourth-order valence-electron chi connectivity index (χ4n) is 2.91. The molecule has 1 atom stereocenters. The zero-order valence-corrected chi connectivity index (χ0v) is 11.8. The van der Waals surface area contributed by atoms with Crippen LogP contribution < -0.4 is 10.1 Å². The van der Waals surface area contributed by atoms with Crippen LogP contribution in [0.15, 0.2) is 24.3 Å². The van der Waals surface area contributed by atoms with Gasteiger partial charge in [-0.05, 0) is 17.7 Å². The summed E-state index contributed by atoms with van der Waals surface area (Å²) in [6, 6.07) is 6.11. The number of benzene rings is 1. The van der Waals surface area contributed by atoms with Gasteiger partial charge in [-0.15, -0.1) is 13.2 Å². The lowest BCUT2D eigenvalue weighted by atomic mass is 10.1. The average Bonchev–Trinajstić information content (AvgIpc) is 2.78. The Hall–Kier alpha value is -1.96. The topological polar surface area (TPSA) is 44.8 Å². The minimum Gasteiger partial charge on any atom is -0.406 e. The van der Waals surface area contributed by atoms with Crippen LogP contribution in [0, 0.1) is 0 Å². The van der Waals surface area contributed by atoms with Crippen molar-refractivity contribution in [1.82, 2.24) is 15.1 Å². The predicted octanol–water partition coefficient (Wildman–Crippen LogP) is 1.79. The third-order valence-corrected chi connectivity index (χ3v) is 3.85. The van der Waals surface area contributed by atoms with Gasteiger partial charge in [-0.2, -0.15) is 0 Å². The van der Waals surface area contributed by atoms with E-state index in [0.29, 0.717) is 32.7 Å². The summed E-state index contributed by atoms with van der Waals surface area (Å²) in [6.45, 7) is 3.20. The second kappa shape index (κ2) is 5.68. The number of nitrogens with zero attached hydrogens (tertiary/aromatic N) is 2. The van der Waals surface area contributed by atoms with Gasteiger partial charge < -0.3 is 15.0 Å². The van der Waals surface area contributed by atoms with Crippen molar-refractivity contribution in [3.05, 3.63) is 29.8 Å². The van der Waals surface area contributed by atoms with Gasteiger partial charge in [0.25, 0.3) is 0 Å². The Balaban J connectivity index is 1.62. The van der Waals surface area contributed by atoms with Gasteiger partial charge in [-0.25, -0.2) is 4.79 Å². The van der Waals surface area contributed by atoms with Gasteiger partial charge >= 0.3 is 12.4 Å². The Labute approximate surface area is 125 Å². The van der Waals surface area contributed by atoms with Crippen molar-refractivity contribution in [3.63, 3.8) is 0 Å². The summed E-state index contributed by atoms with van der Waals surface area (Å²) < 4.78 is 40.6. The number of amides is 2. The monoisotopic (exact) mass is 315 g/mol. The van der Waals surface area contributed by atoms with E-state index in [1.165, 1.54) is 12.1 Å². The molecule has 0 spiro atoms. The van der Waals surface area contributed by atoms with Crippen LogP contribution in [-0.4, -0.2) is 54.4 Å². The zero-order valence-electron chi connectivity index (χ0n) is 11.8. The molecule has 1 aromatic rings. The Morgan fingerprint density at radius 3 is 2.91 bits per heavy atom. The van der Waals surface area contributed by atoms with Gasteiger partial charge in [0.05, 0.1) is 6.04 Å². The molecule has 22 heavy (non-hydrogen) atoms. The molecule has 2 fully saturated rings. The second-order valence-corrected chi connectivity index (χ2v) is 5.46. The molecule has 2 aliphatic rings. The summed E-state index contributed by atoms with van der Waals surface area (Å²) in [4.78, 5) is 15.5. The maximum absolute atomic E-state index is 12.2. The summed E-state index contributed by atoms with van der Waals surface area (Å²) in [6.07, 6.45) is -4.68. The highest BCUT2D eigenvalue weighted by atomic mass is 19.4. The minimum atomic E-state index is -4.68. The lowest BCUT2D eigenvalue weighted by Gasteiger charge is -2.36. The molecule has 0 unspecified atom stereocenters. The first-order chi connectivity index (χ1) is 10.4. The van der Waals surface area contributed by atoms with E-state index in [1.54, 1.807) is 17.0 Å². The maximum atomic E-state index is 12.2. The summed E-state index contributed by atoms with van der Waals surface area (Å²) in [7, 11) is 0. The molecule has 2 heterocycles. The molecule has 0 bridgehead atoms. The van der Waals surface area contributed by atoms with Crippen molar-refractivity contribution < 1.29 is 22.7 Å². The first kappa shape index (κ1) is 15.0. The highest BCUT2D eigenvalue weighted by molar-refractivity contribution is 5.77. The molecular formula is C14H16F3N3O2. The summed E-state index contributed by atoms with van der Waals surface area (Å²) in [5.41, 5.74) is 0.757. The standard InChI is InChI=1S/C14H16F3N3O2/c15-14(16,17)22-12-3-1-2-10(6-12)8-19-4-5-20-11(9-19)7-18-13(20)21/h1-3,6,11H,4-5,7-9H2,(H,18,21)/t11-/m1/s1.